The van der Waals surface area contributed by atoms with E-state index in [1.807, 2.05) is 13.8 Å². The Bertz CT molecular complexity index is 277. The molecule has 2 aromatic heterocycles. The summed E-state index contributed by atoms with van der Waals surface area (Å²) in [6.45, 7) is 3.83. The van der Waals surface area contributed by atoms with Crippen molar-refractivity contribution in [3.63, 3.8) is 0 Å². The van der Waals surface area contributed by atoms with Gasteiger partial charge in [0.2, 0.25) is 0 Å². The summed E-state index contributed by atoms with van der Waals surface area (Å²) in [5.41, 5.74) is 0. The van der Waals surface area contributed by atoms with Crippen molar-refractivity contribution >= 4 is 19.1 Å². The monoisotopic (exact) mass is 340 g/mol. The quantitative estimate of drug-likeness (QED) is 0.724. The Morgan fingerprint density at radius 3 is 1.40 bits per heavy atom. The molecule has 0 amide bonds. The van der Waals surface area contributed by atoms with Crippen LogP contribution in [0.25, 0.3) is 0 Å². The first-order valence-electron chi connectivity index (χ1n) is 3.95. The number of halogens is 2. The molecule has 0 saturated carbocycles. The van der Waals surface area contributed by atoms with Crippen molar-refractivity contribution in [2.75, 3.05) is 0 Å². The Morgan fingerprint density at radius 2 is 1.33 bits per heavy atom. The molecule has 0 radical (unpaired) electrons. The second-order valence-corrected chi connectivity index (χ2v) is 4.75. The maximum absolute atomic E-state index is 4.81. The fraction of sp³-hybridized carbons (Fsp3) is 0.250. The molecule has 7 heteroatoms. The molecule has 2 N–H and O–H groups in total. The first-order valence-corrected chi connectivity index (χ1v) is 7.95. The first kappa shape index (κ1) is 14.7. The van der Waals surface area contributed by atoms with E-state index in [1.54, 1.807) is 24.8 Å². The van der Waals surface area contributed by atoms with Gasteiger partial charge in [0.05, 0.1) is 0 Å². The Balaban J connectivity index is 0.000000210. The van der Waals surface area contributed by atoms with Crippen LogP contribution in [0.3, 0.4) is 0 Å². The molecule has 0 atom stereocenters. The third-order valence-electron chi connectivity index (χ3n) is 1.27. The van der Waals surface area contributed by atoms with Gasteiger partial charge in [-0.1, -0.05) is 0 Å². The number of nitrogens with zero attached hydrogens (tertiary/aromatic N) is 2. The summed E-state index contributed by atoms with van der Waals surface area (Å²) < 4.78 is 0. The van der Waals surface area contributed by atoms with Crippen molar-refractivity contribution in [1.82, 2.24) is 19.9 Å². The second kappa shape index (κ2) is 10.2. The summed E-state index contributed by atoms with van der Waals surface area (Å²) in [7, 11) is 9.63. The molecule has 88 valence electrons. The molecule has 0 aliphatic carbocycles. The zero-order valence-corrected chi connectivity index (χ0v) is 11.3. The number of aryl methyl sites for hydroxylation is 2. The molecule has 0 aliphatic heterocycles. The molecule has 2 aromatic rings. The average molecular weight is 342 g/mol. The maximum atomic E-state index is 4.81. The van der Waals surface area contributed by atoms with Crippen LogP contribution in [0.15, 0.2) is 24.8 Å². The number of imidazole rings is 2. The van der Waals surface area contributed by atoms with Gasteiger partial charge in [-0.05, 0) is 13.8 Å². The number of H-pyrrole nitrogens is 2. The summed E-state index contributed by atoms with van der Waals surface area (Å²) in [5.74, 6) is 1.94. The van der Waals surface area contributed by atoms with Crippen LogP contribution < -0.4 is 0 Å². The van der Waals surface area contributed by atoms with E-state index in [4.69, 9.17) is 19.1 Å². The SMILES string of the molecule is Cc1ncc[nH]1.Cc1ncc[nH]1.[Cl][Pd][Cl]. The van der Waals surface area contributed by atoms with Crippen molar-refractivity contribution in [2.24, 2.45) is 0 Å². The summed E-state index contributed by atoms with van der Waals surface area (Å²) in [5, 5.41) is 0. The number of aromatic amines is 2. The van der Waals surface area contributed by atoms with Crippen molar-refractivity contribution < 1.29 is 15.9 Å². The zero-order chi connectivity index (χ0) is 11.5. The van der Waals surface area contributed by atoms with E-state index in [-0.39, 0.29) is 15.9 Å². The van der Waals surface area contributed by atoms with Crippen molar-refractivity contribution in [3.05, 3.63) is 36.4 Å². The van der Waals surface area contributed by atoms with Crippen molar-refractivity contribution in [2.45, 2.75) is 13.8 Å². The summed E-state index contributed by atoms with van der Waals surface area (Å²) in [4.78, 5) is 13.5. The van der Waals surface area contributed by atoms with Crippen LogP contribution in [0.2, 0.25) is 0 Å². The molecule has 0 bridgehead atoms. The number of nitrogens with one attached hydrogen (secondary N) is 2. The van der Waals surface area contributed by atoms with Crippen LogP contribution in [0.4, 0.5) is 0 Å². The number of hydrogen-bond donors (Lipinski definition) is 2. The van der Waals surface area contributed by atoms with Crippen LogP contribution >= 0.6 is 19.1 Å². The van der Waals surface area contributed by atoms with E-state index in [2.05, 4.69) is 19.9 Å². The van der Waals surface area contributed by atoms with E-state index in [0.717, 1.165) is 11.6 Å². The van der Waals surface area contributed by atoms with Gasteiger partial charge in [0.15, 0.2) is 0 Å². The predicted molar refractivity (Wildman–Crippen MR) is 58.4 cm³/mol. The van der Waals surface area contributed by atoms with Crippen LogP contribution in [0, 0.1) is 13.8 Å². The molecular weight excluding hydrogens is 329 g/mol. The molecule has 0 aromatic carbocycles. The molecule has 0 unspecified atom stereocenters. The fourth-order valence-corrected chi connectivity index (χ4v) is 0.688. The molecule has 2 heterocycles. The fourth-order valence-electron chi connectivity index (χ4n) is 0.688. The Kier molecular flexibility index (Phi) is 9.96. The predicted octanol–water partition coefficient (Wildman–Crippen LogP) is 2.81. The van der Waals surface area contributed by atoms with Gasteiger partial charge in [0.25, 0.3) is 0 Å². The third kappa shape index (κ3) is 9.96. The Morgan fingerprint density at radius 1 is 1.00 bits per heavy atom. The average Bonchev–Trinajstić information content (AvgIpc) is 2.81. The third-order valence-corrected chi connectivity index (χ3v) is 1.27. The minimum atomic E-state index is -0.106. The summed E-state index contributed by atoms with van der Waals surface area (Å²) in [6, 6.07) is 0. The standard InChI is InChI=1S/2C4H6N2.2ClH.Pd/c2*1-4-5-2-3-6-4;;;/h2*2-3H,1H3,(H,5,6);2*1H;/q;;;;+2/p-2. The minimum absolute atomic E-state index is 0.106. The van der Waals surface area contributed by atoms with Gasteiger partial charge < -0.3 is 9.97 Å². The van der Waals surface area contributed by atoms with E-state index >= 15 is 0 Å². The summed E-state index contributed by atoms with van der Waals surface area (Å²) in [6.07, 6.45) is 7.06. The summed E-state index contributed by atoms with van der Waals surface area (Å²) >= 11 is -0.106. The molecule has 0 spiro atoms. The number of hydrogen-bond acceptors (Lipinski definition) is 2. The van der Waals surface area contributed by atoms with Crippen LogP contribution in [0.1, 0.15) is 11.6 Å². The van der Waals surface area contributed by atoms with E-state index in [1.165, 1.54) is 0 Å². The molecular formula is C8H12Cl2N4Pd. The van der Waals surface area contributed by atoms with Crippen molar-refractivity contribution in [1.29, 1.82) is 0 Å². The van der Waals surface area contributed by atoms with Gasteiger partial charge >= 0.3 is 35.0 Å². The van der Waals surface area contributed by atoms with Gasteiger partial charge in [-0.15, -0.1) is 0 Å². The van der Waals surface area contributed by atoms with E-state index in [0.29, 0.717) is 0 Å². The topological polar surface area (TPSA) is 57.4 Å². The molecule has 15 heavy (non-hydrogen) atoms. The normalized spacial score (nSPS) is 8.53. The van der Waals surface area contributed by atoms with Gasteiger partial charge in [0, 0.05) is 24.8 Å². The van der Waals surface area contributed by atoms with Gasteiger partial charge in [0.1, 0.15) is 11.6 Å². The molecule has 2 rings (SSSR count). The Hall–Kier alpha value is -0.338. The molecule has 0 aliphatic rings. The van der Waals surface area contributed by atoms with E-state index in [9.17, 15) is 0 Å². The van der Waals surface area contributed by atoms with Crippen molar-refractivity contribution in [3.8, 4) is 0 Å². The Labute approximate surface area is 105 Å². The number of aromatic nitrogens is 4. The van der Waals surface area contributed by atoms with Crippen LogP contribution in [0.5, 0.6) is 0 Å². The molecule has 0 saturated heterocycles. The second-order valence-electron chi connectivity index (χ2n) is 2.39. The van der Waals surface area contributed by atoms with Gasteiger partial charge in [-0.25, -0.2) is 9.97 Å². The van der Waals surface area contributed by atoms with Gasteiger partial charge in [-0.2, -0.15) is 0 Å². The van der Waals surface area contributed by atoms with Crippen LogP contribution in [-0.4, -0.2) is 19.9 Å². The molecule has 0 fully saturated rings. The number of rotatable bonds is 0. The van der Waals surface area contributed by atoms with Gasteiger partial charge in [-0.3, -0.25) is 0 Å². The molecule has 4 nitrogen and oxygen atoms in total. The van der Waals surface area contributed by atoms with Crippen LogP contribution in [-0.2, 0) is 15.9 Å². The first-order chi connectivity index (χ1) is 7.20. The zero-order valence-electron chi connectivity index (χ0n) is 8.28. The van der Waals surface area contributed by atoms with E-state index < -0.39 is 0 Å².